The Morgan fingerprint density at radius 2 is 1.41 bits per heavy atom. The number of aliphatic imine (C=N–C) groups is 1. The minimum absolute atomic E-state index is 0.0540. The van der Waals surface area contributed by atoms with Crippen molar-refractivity contribution in [1.82, 2.24) is 14.8 Å². The molecule has 132 valence electrons. The van der Waals surface area contributed by atoms with Crippen molar-refractivity contribution in [3.05, 3.63) is 64.0 Å². The zero-order valence-electron chi connectivity index (χ0n) is 14.0. The smallest absolute Gasteiger partial charge is 0.263 e. The van der Waals surface area contributed by atoms with Crippen molar-refractivity contribution in [2.75, 3.05) is 13.1 Å². The first-order valence-electron chi connectivity index (χ1n) is 8.41. The number of hydrogen-bond acceptors (Lipinski definition) is 6. The molecule has 4 amide bonds. The highest BCUT2D eigenvalue weighted by Gasteiger charge is 2.41. The van der Waals surface area contributed by atoms with Crippen molar-refractivity contribution in [1.29, 1.82) is 0 Å². The molecule has 0 saturated heterocycles. The van der Waals surface area contributed by atoms with Gasteiger partial charge in [0.2, 0.25) is 0 Å². The van der Waals surface area contributed by atoms with Crippen molar-refractivity contribution in [3.63, 3.8) is 0 Å². The summed E-state index contributed by atoms with van der Waals surface area (Å²) in [6.07, 6.45) is 2.95. The van der Waals surface area contributed by atoms with E-state index in [9.17, 15) is 19.2 Å². The highest BCUT2D eigenvalue weighted by atomic mass is 16.2. The fourth-order valence-corrected chi connectivity index (χ4v) is 3.66. The molecule has 0 saturated carbocycles. The van der Waals surface area contributed by atoms with Gasteiger partial charge in [-0.1, -0.05) is 12.1 Å². The van der Waals surface area contributed by atoms with Gasteiger partial charge in [0.1, 0.15) is 0 Å². The van der Waals surface area contributed by atoms with E-state index in [-0.39, 0.29) is 18.7 Å². The van der Waals surface area contributed by atoms with Crippen LogP contribution in [0.25, 0.3) is 0 Å². The number of hydrogen-bond donors (Lipinski definition) is 0. The van der Waals surface area contributed by atoms with Crippen LogP contribution in [-0.2, 0) is 6.54 Å². The molecule has 0 unspecified atom stereocenters. The van der Waals surface area contributed by atoms with Gasteiger partial charge in [0.25, 0.3) is 23.6 Å². The van der Waals surface area contributed by atoms with Gasteiger partial charge in [-0.2, -0.15) is 0 Å². The van der Waals surface area contributed by atoms with E-state index in [1.54, 1.807) is 30.5 Å². The summed E-state index contributed by atoms with van der Waals surface area (Å²) in [7, 11) is 0. The molecule has 0 atom stereocenters. The van der Waals surface area contributed by atoms with Crippen LogP contribution in [-0.4, -0.2) is 57.7 Å². The van der Waals surface area contributed by atoms with E-state index in [4.69, 9.17) is 0 Å². The minimum atomic E-state index is -0.470. The predicted molar refractivity (Wildman–Crippen MR) is 92.7 cm³/mol. The van der Waals surface area contributed by atoms with Crippen LogP contribution >= 0.6 is 0 Å². The van der Waals surface area contributed by atoms with Crippen molar-refractivity contribution in [2.24, 2.45) is 4.99 Å². The molecule has 27 heavy (non-hydrogen) atoms. The van der Waals surface area contributed by atoms with E-state index in [0.29, 0.717) is 34.5 Å². The largest absolute Gasteiger partial charge is 0.286 e. The van der Waals surface area contributed by atoms with Gasteiger partial charge < -0.3 is 0 Å². The van der Waals surface area contributed by atoms with Gasteiger partial charge in [-0.15, -0.1) is 0 Å². The molecule has 3 aliphatic rings. The van der Waals surface area contributed by atoms with Crippen LogP contribution in [0.3, 0.4) is 0 Å². The van der Waals surface area contributed by atoms with Gasteiger partial charge in [0.05, 0.1) is 34.5 Å². The molecule has 0 bridgehead atoms. The number of rotatable bonds is 3. The molecule has 8 nitrogen and oxygen atoms in total. The number of fused-ring (bicyclic) bond motifs is 4. The number of nitrogens with zero attached hydrogens (tertiary/aromatic N) is 4. The summed E-state index contributed by atoms with van der Waals surface area (Å²) in [6.45, 7) is 0.268. The van der Waals surface area contributed by atoms with E-state index in [1.807, 2.05) is 0 Å². The van der Waals surface area contributed by atoms with Crippen LogP contribution in [0.15, 0.2) is 35.5 Å². The van der Waals surface area contributed by atoms with E-state index < -0.39 is 23.6 Å². The lowest BCUT2D eigenvalue weighted by atomic mass is 10.1. The molecule has 1 aromatic heterocycles. The summed E-state index contributed by atoms with van der Waals surface area (Å²) in [5, 5.41) is 0. The Bertz CT molecular complexity index is 1070. The molecule has 0 N–H and O–H groups in total. The molecule has 0 spiro atoms. The maximum atomic E-state index is 12.8. The Morgan fingerprint density at radius 1 is 0.815 bits per heavy atom. The monoisotopic (exact) mass is 360 g/mol. The summed E-state index contributed by atoms with van der Waals surface area (Å²) in [5.74, 6) is -1.75. The number of imide groups is 2. The van der Waals surface area contributed by atoms with E-state index in [2.05, 4.69) is 9.98 Å². The molecule has 2 aromatic rings. The second-order valence-corrected chi connectivity index (χ2v) is 6.45. The lowest BCUT2D eigenvalue weighted by molar-refractivity contribution is 0.0560. The summed E-state index contributed by atoms with van der Waals surface area (Å²) in [6, 6.07) is 6.55. The van der Waals surface area contributed by atoms with Crippen molar-refractivity contribution >= 4 is 29.8 Å². The Hall–Kier alpha value is -3.68. The first kappa shape index (κ1) is 15.6. The van der Waals surface area contributed by atoms with Crippen molar-refractivity contribution < 1.29 is 19.2 Å². The third-order valence-electron chi connectivity index (χ3n) is 5.02. The third kappa shape index (κ3) is 2.03. The van der Waals surface area contributed by atoms with Gasteiger partial charge in [-0.3, -0.25) is 39.0 Å². The third-order valence-corrected chi connectivity index (χ3v) is 5.02. The Kier molecular flexibility index (Phi) is 3.12. The van der Waals surface area contributed by atoms with E-state index in [0.717, 1.165) is 9.80 Å². The van der Waals surface area contributed by atoms with Gasteiger partial charge >= 0.3 is 0 Å². The van der Waals surface area contributed by atoms with E-state index >= 15 is 0 Å². The van der Waals surface area contributed by atoms with Crippen LogP contribution in [0.5, 0.6) is 0 Å². The van der Waals surface area contributed by atoms with Gasteiger partial charge in [-0.25, -0.2) is 0 Å². The molecular weight excluding hydrogens is 348 g/mol. The summed E-state index contributed by atoms with van der Waals surface area (Å²) in [4.78, 5) is 60.7. The fraction of sp³-hybridized carbons (Fsp3) is 0.158. The minimum Gasteiger partial charge on any atom is -0.286 e. The van der Waals surface area contributed by atoms with Crippen molar-refractivity contribution in [2.45, 2.75) is 6.54 Å². The molecule has 3 aliphatic heterocycles. The highest BCUT2D eigenvalue weighted by molar-refractivity contribution is 6.24. The Morgan fingerprint density at radius 3 is 2.07 bits per heavy atom. The topological polar surface area (TPSA) is 100 Å². The maximum Gasteiger partial charge on any atom is 0.263 e. The van der Waals surface area contributed by atoms with Gasteiger partial charge in [0.15, 0.2) is 0 Å². The predicted octanol–water partition coefficient (Wildman–Crippen LogP) is 0.906. The van der Waals surface area contributed by atoms with Crippen LogP contribution in [0.4, 0.5) is 0 Å². The van der Waals surface area contributed by atoms with Crippen LogP contribution in [0, 0.1) is 0 Å². The van der Waals surface area contributed by atoms with Gasteiger partial charge in [0, 0.05) is 31.1 Å². The Balaban J connectivity index is 1.40. The van der Waals surface area contributed by atoms with Gasteiger partial charge in [-0.05, 0) is 12.1 Å². The summed E-state index contributed by atoms with van der Waals surface area (Å²) in [5.41, 5.74) is 2.44. The molecule has 8 heteroatoms. The molecule has 0 fully saturated rings. The SMILES string of the molecule is O=C1c2ccccc2C(=O)N1CCN1C(=O)c2cnc3c(c2C1=O)C=NC3. The average Bonchev–Trinajstić information content (AvgIpc) is 3.32. The normalized spacial score (nSPS) is 17.0. The van der Waals surface area contributed by atoms with Crippen LogP contribution in [0.1, 0.15) is 52.7 Å². The molecule has 4 heterocycles. The van der Waals surface area contributed by atoms with Crippen LogP contribution in [0.2, 0.25) is 0 Å². The number of benzene rings is 1. The van der Waals surface area contributed by atoms with Crippen molar-refractivity contribution in [3.8, 4) is 0 Å². The zero-order valence-corrected chi connectivity index (χ0v) is 14.0. The quantitative estimate of drug-likeness (QED) is 0.758. The first-order valence-corrected chi connectivity index (χ1v) is 8.41. The lowest BCUT2D eigenvalue weighted by Gasteiger charge is -2.18. The number of carbonyl (C=O) groups is 4. The van der Waals surface area contributed by atoms with E-state index in [1.165, 1.54) is 6.20 Å². The summed E-state index contributed by atoms with van der Waals surface area (Å²) >= 11 is 0. The molecule has 5 rings (SSSR count). The number of aromatic nitrogens is 1. The average molecular weight is 360 g/mol. The molecular formula is C19H12N4O4. The number of pyridine rings is 1. The molecule has 1 aromatic carbocycles. The van der Waals surface area contributed by atoms with Crippen LogP contribution < -0.4 is 0 Å². The Labute approximate surface area is 153 Å². The summed E-state index contributed by atoms with van der Waals surface area (Å²) < 4.78 is 0. The number of carbonyl (C=O) groups excluding carboxylic acids is 4. The molecule has 0 radical (unpaired) electrons. The molecule has 0 aliphatic carbocycles. The highest BCUT2D eigenvalue weighted by Crippen LogP contribution is 2.29. The standard InChI is InChI=1S/C19H12N4O4/c24-16-10-3-1-2-4-11(10)17(25)22(16)5-6-23-18(26)13-8-21-14-9-20-7-12(14)15(13)19(23)27/h1-4,7-8H,5-6,9H2. The number of amides is 4. The zero-order chi connectivity index (χ0) is 18.7. The lowest BCUT2D eigenvalue weighted by Crippen LogP contribution is -2.40. The second kappa shape index (κ2) is 5.41. The second-order valence-electron chi connectivity index (χ2n) is 6.45. The maximum absolute atomic E-state index is 12.8. The first-order chi connectivity index (χ1) is 13.1. The fourth-order valence-electron chi connectivity index (χ4n) is 3.66.